The number of azo groups is 1. The van der Waals surface area contributed by atoms with Gasteiger partial charge in [-0.05, 0) is 50.1 Å². The van der Waals surface area contributed by atoms with Crippen molar-refractivity contribution in [3.8, 4) is 11.3 Å². The third-order valence-corrected chi connectivity index (χ3v) is 4.41. The monoisotopic (exact) mass is 340 g/mol. The summed E-state index contributed by atoms with van der Waals surface area (Å²) >= 11 is 0. The number of rotatable bonds is 3. The van der Waals surface area contributed by atoms with Crippen LogP contribution in [0.5, 0.6) is 0 Å². The van der Waals surface area contributed by atoms with Gasteiger partial charge in [0.05, 0.1) is 5.69 Å². The maximum atomic E-state index is 4.80. The van der Waals surface area contributed by atoms with E-state index < -0.39 is 0 Å². The Hall–Kier alpha value is -3.27. The lowest BCUT2D eigenvalue weighted by molar-refractivity contribution is 1.09. The van der Waals surface area contributed by atoms with Gasteiger partial charge in [-0.3, -0.25) is 4.40 Å². The molecule has 0 aliphatic rings. The number of fused-ring (bicyclic) bond motifs is 1. The molecule has 0 unspecified atom stereocenters. The third-order valence-electron chi connectivity index (χ3n) is 4.41. The van der Waals surface area contributed by atoms with Crippen LogP contribution in [-0.4, -0.2) is 9.38 Å². The van der Waals surface area contributed by atoms with E-state index in [0.29, 0.717) is 0 Å². The topological polar surface area (TPSA) is 42.0 Å². The molecule has 4 nitrogen and oxygen atoms in total. The van der Waals surface area contributed by atoms with Gasteiger partial charge in [0.2, 0.25) is 0 Å². The number of hydrogen-bond donors (Lipinski definition) is 0. The van der Waals surface area contributed by atoms with Gasteiger partial charge in [-0.1, -0.05) is 48.0 Å². The van der Waals surface area contributed by atoms with Crippen LogP contribution in [-0.2, 0) is 0 Å². The van der Waals surface area contributed by atoms with E-state index in [4.69, 9.17) is 4.98 Å². The lowest BCUT2D eigenvalue weighted by Gasteiger charge is -2.02. The summed E-state index contributed by atoms with van der Waals surface area (Å²) in [6.07, 6.45) is 2.00. The van der Waals surface area contributed by atoms with E-state index in [0.717, 1.165) is 34.0 Å². The Bertz CT molecular complexity index is 1110. The number of aromatic nitrogens is 2. The Morgan fingerprint density at radius 3 is 2.35 bits per heavy atom. The molecule has 0 bridgehead atoms. The molecule has 2 aromatic heterocycles. The number of benzene rings is 2. The summed E-state index contributed by atoms with van der Waals surface area (Å²) in [7, 11) is 0. The average Bonchev–Trinajstić information content (AvgIpc) is 2.99. The van der Waals surface area contributed by atoms with Gasteiger partial charge in [-0.2, -0.15) is 0 Å². The van der Waals surface area contributed by atoms with Crippen LogP contribution in [0.4, 0.5) is 11.5 Å². The minimum atomic E-state index is 0.742. The summed E-state index contributed by atoms with van der Waals surface area (Å²) in [6.45, 7) is 6.19. The second-order valence-corrected chi connectivity index (χ2v) is 6.57. The molecular formula is C22H20N4. The second-order valence-electron chi connectivity index (χ2n) is 6.57. The molecule has 0 atom stereocenters. The van der Waals surface area contributed by atoms with Crippen molar-refractivity contribution in [2.24, 2.45) is 10.2 Å². The maximum absolute atomic E-state index is 4.80. The molecule has 2 aromatic carbocycles. The second kappa shape index (κ2) is 6.56. The molecule has 4 rings (SSSR count). The zero-order chi connectivity index (χ0) is 18.1. The molecule has 0 aliphatic heterocycles. The number of pyridine rings is 1. The first-order valence-electron chi connectivity index (χ1n) is 8.65. The molecular weight excluding hydrogens is 320 g/mol. The van der Waals surface area contributed by atoms with E-state index >= 15 is 0 Å². The van der Waals surface area contributed by atoms with Crippen LogP contribution in [0, 0.1) is 20.8 Å². The lowest BCUT2D eigenvalue weighted by atomic mass is 10.1. The molecule has 0 saturated heterocycles. The predicted molar refractivity (Wildman–Crippen MR) is 105 cm³/mol. The molecule has 4 heteroatoms. The van der Waals surface area contributed by atoms with Crippen molar-refractivity contribution in [3.05, 3.63) is 83.6 Å². The van der Waals surface area contributed by atoms with Crippen LogP contribution in [0.1, 0.15) is 16.7 Å². The van der Waals surface area contributed by atoms with Gasteiger partial charge < -0.3 is 0 Å². The fourth-order valence-corrected chi connectivity index (χ4v) is 3.04. The van der Waals surface area contributed by atoms with E-state index in [1.165, 1.54) is 11.1 Å². The molecule has 4 aromatic rings. The van der Waals surface area contributed by atoms with Crippen molar-refractivity contribution >= 4 is 17.2 Å². The minimum absolute atomic E-state index is 0.742. The highest BCUT2D eigenvalue weighted by molar-refractivity contribution is 5.74. The van der Waals surface area contributed by atoms with Crippen molar-refractivity contribution in [2.45, 2.75) is 20.8 Å². The van der Waals surface area contributed by atoms with E-state index in [1.54, 1.807) is 0 Å². The molecule has 0 aliphatic carbocycles. The first kappa shape index (κ1) is 16.2. The van der Waals surface area contributed by atoms with Crippen molar-refractivity contribution in [2.75, 3.05) is 0 Å². The molecule has 0 fully saturated rings. The number of aryl methyl sites for hydroxylation is 3. The summed E-state index contributed by atoms with van der Waals surface area (Å²) in [5.74, 6) is 0.742. The Kier molecular flexibility index (Phi) is 4.09. The zero-order valence-electron chi connectivity index (χ0n) is 15.1. The minimum Gasteiger partial charge on any atom is -0.283 e. The molecule has 26 heavy (non-hydrogen) atoms. The Morgan fingerprint density at radius 1 is 0.808 bits per heavy atom. The number of hydrogen-bond acceptors (Lipinski definition) is 3. The van der Waals surface area contributed by atoms with E-state index in [-0.39, 0.29) is 0 Å². The van der Waals surface area contributed by atoms with Gasteiger partial charge in [-0.25, -0.2) is 4.98 Å². The predicted octanol–water partition coefficient (Wildman–Crippen LogP) is 6.34. The fraction of sp³-hybridized carbons (Fsp3) is 0.136. The number of nitrogens with zero attached hydrogens (tertiary/aromatic N) is 4. The van der Waals surface area contributed by atoms with Crippen LogP contribution in [0.15, 0.2) is 77.1 Å². The molecule has 0 saturated carbocycles. The van der Waals surface area contributed by atoms with Crippen LogP contribution in [0.25, 0.3) is 16.9 Å². The van der Waals surface area contributed by atoms with Crippen molar-refractivity contribution in [1.82, 2.24) is 9.38 Å². The maximum Gasteiger partial charge on any atom is 0.187 e. The van der Waals surface area contributed by atoms with Crippen molar-refractivity contribution < 1.29 is 0 Å². The zero-order valence-corrected chi connectivity index (χ0v) is 15.1. The van der Waals surface area contributed by atoms with Crippen LogP contribution in [0.2, 0.25) is 0 Å². The largest absolute Gasteiger partial charge is 0.283 e. The average molecular weight is 340 g/mol. The Balaban J connectivity index is 1.88. The van der Waals surface area contributed by atoms with Crippen LogP contribution in [0.3, 0.4) is 0 Å². The van der Waals surface area contributed by atoms with E-state index in [1.807, 2.05) is 47.0 Å². The molecule has 0 spiro atoms. The summed E-state index contributed by atoms with van der Waals surface area (Å²) in [5, 5.41) is 9.10. The smallest absolute Gasteiger partial charge is 0.187 e. The summed E-state index contributed by atoms with van der Waals surface area (Å²) in [6, 6.07) is 20.4. The summed E-state index contributed by atoms with van der Waals surface area (Å²) in [5.41, 5.74) is 7.11. The van der Waals surface area contributed by atoms with Gasteiger partial charge >= 0.3 is 0 Å². The standard InChI is InChI=1S/C22H20N4/c1-15-9-10-19(17(3)13-15)24-25-22-21(18-7-5-4-6-8-18)23-20-14-16(2)11-12-26(20)22/h4-14H,1-3H3. The van der Waals surface area contributed by atoms with E-state index in [2.05, 4.69) is 55.3 Å². The van der Waals surface area contributed by atoms with Gasteiger partial charge in [0.1, 0.15) is 11.3 Å². The first-order valence-corrected chi connectivity index (χ1v) is 8.65. The van der Waals surface area contributed by atoms with Gasteiger partial charge in [0.15, 0.2) is 5.82 Å². The van der Waals surface area contributed by atoms with Gasteiger partial charge in [0.25, 0.3) is 0 Å². The molecule has 0 N–H and O–H groups in total. The third kappa shape index (κ3) is 3.02. The Morgan fingerprint density at radius 2 is 1.58 bits per heavy atom. The van der Waals surface area contributed by atoms with Crippen LogP contribution >= 0.6 is 0 Å². The normalized spacial score (nSPS) is 11.5. The fourth-order valence-electron chi connectivity index (χ4n) is 3.04. The highest BCUT2D eigenvalue weighted by Gasteiger charge is 2.14. The van der Waals surface area contributed by atoms with Crippen molar-refractivity contribution in [1.29, 1.82) is 0 Å². The number of imidazole rings is 1. The van der Waals surface area contributed by atoms with Gasteiger partial charge in [-0.15, -0.1) is 10.2 Å². The van der Waals surface area contributed by atoms with Gasteiger partial charge in [0, 0.05) is 11.8 Å². The van der Waals surface area contributed by atoms with Crippen LogP contribution < -0.4 is 0 Å². The quantitative estimate of drug-likeness (QED) is 0.401. The van der Waals surface area contributed by atoms with E-state index in [9.17, 15) is 0 Å². The molecule has 0 radical (unpaired) electrons. The Labute approximate surface area is 152 Å². The lowest BCUT2D eigenvalue weighted by Crippen LogP contribution is -1.84. The highest BCUT2D eigenvalue weighted by atomic mass is 15.2. The first-order chi connectivity index (χ1) is 12.6. The summed E-state index contributed by atoms with van der Waals surface area (Å²) in [4.78, 5) is 4.80. The SMILES string of the molecule is Cc1ccc(N=Nc2c(-c3ccccc3)nc3cc(C)ccn23)c(C)c1. The van der Waals surface area contributed by atoms with Crippen molar-refractivity contribution in [3.63, 3.8) is 0 Å². The highest BCUT2D eigenvalue weighted by Crippen LogP contribution is 2.33. The molecule has 2 heterocycles. The molecule has 0 amide bonds. The molecule has 128 valence electrons. The summed E-state index contributed by atoms with van der Waals surface area (Å²) < 4.78 is 1.99.